The van der Waals surface area contributed by atoms with Gasteiger partial charge in [0.15, 0.2) is 0 Å². The van der Waals surface area contributed by atoms with Crippen molar-refractivity contribution in [3.63, 3.8) is 0 Å². The molecule has 0 atom stereocenters. The lowest BCUT2D eigenvalue weighted by molar-refractivity contribution is -0.138. The van der Waals surface area contributed by atoms with Crippen LogP contribution >= 0.6 is 0 Å². The van der Waals surface area contributed by atoms with Gasteiger partial charge in [0.25, 0.3) is 5.56 Å². The molecule has 29 heavy (non-hydrogen) atoms. The van der Waals surface area contributed by atoms with Crippen LogP contribution in [0.4, 0.5) is 18.9 Å². The molecule has 0 spiro atoms. The van der Waals surface area contributed by atoms with Gasteiger partial charge in [-0.25, -0.2) is 5.10 Å². The number of anilines is 1. The Morgan fingerprint density at radius 1 is 1.28 bits per heavy atom. The summed E-state index contributed by atoms with van der Waals surface area (Å²) in [6, 6.07) is 7.36. The number of aromatic amines is 1. The molecule has 3 heterocycles. The van der Waals surface area contributed by atoms with E-state index in [1.54, 1.807) is 11.1 Å². The number of halogens is 3. The van der Waals surface area contributed by atoms with Crippen molar-refractivity contribution in [1.82, 2.24) is 26.2 Å². The van der Waals surface area contributed by atoms with E-state index in [1.807, 2.05) is 11.0 Å². The van der Waals surface area contributed by atoms with Gasteiger partial charge in [0.05, 0.1) is 41.9 Å². The number of nitrogens with one attached hydrogen (secondary N) is 3. The van der Waals surface area contributed by atoms with E-state index in [4.69, 9.17) is 0 Å². The zero-order chi connectivity index (χ0) is 20.6. The van der Waals surface area contributed by atoms with E-state index in [2.05, 4.69) is 21.2 Å². The Bertz CT molecular complexity index is 1070. The lowest BCUT2D eigenvalue weighted by Gasteiger charge is -2.31. The Labute approximate surface area is 163 Å². The molecule has 2 aliphatic rings. The summed E-state index contributed by atoms with van der Waals surface area (Å²) < 4.78 is 39.8. The second-order valence-electron chi connectivity index (χ2n) is 6.65. The predicted molar refractivity (Wildman–Crippen MR) is 96.7 cm³/mol. The number of hydrogen-bond donors (Lipinski definition) is 3. The number of aromatic nitrogens is 2. The monoisotopic (exact) mass is 403 g/mol. The summed E-state index contributed by atoms with van der Waals surface area (Å²) in [4.78, 5) is 13.6. The summed E-state index contributed by atoms with van der Waals surface area (Å²) in [5.74, 6) is 0. The van der Waals surface area contributed by atoms with Crippen LogP contribution in [0.5, 0.6) is 0 Å². The minimum atomic E-state index is -4.43. The Morgan fingerprint density at radius 2 is 2.07 bits per heavy atom. The largest absolute Gasteiger partial charge is 0.416 e. The molecule has 2 aromatic rings. The van der Waals surface area contributed by atoms with Gasteiger partial charge in [0.1, 0.15) is 11.6 Å². The predicted octanol–water partition coefficient (Wildman–Crippen LogP) is 1.61. The van der Waals surface area contributed by atoms with Crippen molar-refractivity contribution in [3.8, 4) is 6.07 Å². The lowest BCUT2D eigenvalue weighted by atomic mass is 10.1. The first-order valence-electron chi connectivity index (χ1n) is 8.77. The summed E-state index contributed by atoms with van der Waals surface area (Å²) in [5, 5.41) is 16.9. The van der Waals surface area contributed by atoms with Gasteiger partial charge in [-0.05, 0) is 11.6 Å². The third-order valence-corrected chi connectivity index (χ3v) is 4.92. The highest BCUT2D eigenvalue weighted by molar-refractivity contribution is 5.58. The quantitative estimate of drug-likeness (QED) is 0.716. The maximum Gasteiger partial charge on any atom is 0.416 e. The van der Waals surface area contributed by atoms with Gasteiger partial charge in [-0.1, -0.05) is 18.2 Å². The Balaban J connectivity index is 1.56. The van der Waals surface area contributed by atoms with Crippen LogP contribution in [0.15, 0.2) is 46.7 Å². The number of H-pyrrole nitrogens is 1. The molecular formula is C18H16F3N7O. The van der Waals surface area contributed by atoms with Gasteiger partial charge in [-0.3, -0.25) is 9.80 Å². The van der Waals surface area contributed by atoms with Crippen molar-refractivity contribution >= 4 is 5.69 Å². The molecular weight excluding hydrogens is 387 g/mol. The summed E-state index contributed by atoms with van der Waals surface area (Å²) in [6.45, 7) is 0.885. The summed E-state index contributed by atoms with van der Waals surface area (Å²) in [6.07, 6.45) is -2.49. The van der Waals surface area contributed by atoms with Gasteiger partial charge in [-0.15, -0.1) is 5.53 Å². The van der Waals surface area contributed by atoms with E-state index in [9.17, 15) is 23.2 Å². The van der Waals surface area contributed by atoms with E-state index in [0.717, 1.165) is 17.5 Å². The molecule has 0 fully saturated rings. The Kier molecular flexibility index (Phi) is 4.63. The third-order valence-electron chi connectivity index (χ3n) is 4.92. The summed E-state index contributed by atoms with van der Waals surface area (Å²) >= 11 is 0. The molecule has 0 unspecified atom stereocenters. The molecule has 150 valence electrons. The summed E-state index contributed by atoms with van der Waals surface area (Å²) in [7, 11) is 0. The average molecular weight is 403 g/mol. The van der Waals surface area contributed by atoms with Gasteiger partial charge in [0.2, 0.25) is 0 Å². The molecule has 2 aliphatic heterocycles. The molecule has 4 rings (SSSR count). The number of nitrogens with zero attached hydrogens (tertiary/aromatic N) is 4. The third kappa shape index (κ3) is 3.50. The number of nitriles is 1. The smallest absolute Gasteiger partial charge is 0.363 e. The second-order valence-corrected chi connectivity index (χ2v) is 6.65. The van der Waals surface area contributed by atoms with Crippen molar-refractivity contribution in [2.45, 2.75) is 19.1 Å². The molecule has 0 aliphatic carbocycles. The van der Waals surface area contributed by atoms with Crippen molar-refractivity contribution < 1.29 is 13.2 Å². The van der Waals surface area contributed by atoms with Gasteiger partial charge in [-0.2, -0.15) is 23.5 Å². The number of hydrazine groups is 2. The lowest BCUT2D eigenvalue weighted by Crippen LogP contribution is -2.38. The van der Waals surface area contributed by atoms with E-state index in [0.29, 0.717) is 25.2 Å². The van der Waals surface area contributed by atoms with Crippen LogP contribution in [0.3, 0.4) is 0 Å². The number of hydrogen-bond acceptors (Lipinski definition) is 7. The molecule has 0 amide bonds. The average Bonchev–Trinajstić information content (AvgIpc) is 3.09. The fraction of sp³-hybridized carbons (Fsp3) is 0.278. The molecule has 11 heteroatoms. The molecule has 1 aromatic heterocycles. The van der Waals surface area contributed by atoms with Crippen LogP contribution in [0.25, 0.3) is 0 Å². The Hall–Kier alpha value is -3.52. The highest BCUT2D eigenvalue weighted by Gasteiger charge is 2.35. The number of alkyl halides is 3. The van der Waals surface area contributed by atoms with E-state index in [-0.39, 0.29) is 17.7 Å². The number of benzene rings is 1. The van der Waals surface area contributed by atoms with Crippen LogP contribution in [0.2, 0.25) is 0 Å². The summed E-state index contributed by atoms with van der Waals surface area (Å²) in [5.41, 5.74) is 6.83. The first kappa shape index (κ1) is 18.8. The normalized spacial score (nSPS) is 16.5. The molecule has 1 aromatic carbocycles. The molecule has 8 nitrogen and oxygen atoms in total. The van der Waals surface area contributed by atoms with Crippen molar-refractivity contribution in [2.75, 3.05) is 18.0 Å². The molecule has 3 N–H and O–H groups in total. The molecule has 0 bridgehead atoms. The zero-order valence-corrected chi connectivity index (χ0v) is 15.0. The van der Waals surface area contributed by atoms with Crippen LogP contribution in [0, 0.1) is 11.3 Å². The van der Waals surface area contributed by atoms with E-state index in [1.165, 1.54) is 18.3 Å². The first-order valence-corrected chi connectivity index (χ1v) is 8.77. The first-order chi connectivity index (χ1) is 13.9. The highest BCUT2D eigenvalue weighted by Crippen LogP contribution is 2.34. The van der Waals surface area contributed by atoms with Crippen molar-refractivity contribution in [3.05, 3.63) is 68.9 Å². The molecule has 0 saturated heterocycles. The van der Waals surface area contributed by atoms with Crippen molar-refractivity contribution in [1.29, 1.82) is 5.26 Å². The van der Waals surface area contributed by atoms with Crippen LogP contribution in [-0.2, 0) is 12.7 Å². The van der Waals surface area contributed by atoms with E-state index >= 15 is 0 Å². The topological polar surface area (TPSA) is 100 Å². The van der Waals surface area contributed by atoms with Gasteiger partial charge >= 0.3 is 6.18 Å². The van der Waals surface area contributed by atoms with Gasteiger partial charge in [0, 0.05) is 13.0 Å². The SMILES string of the molecule is N#Cc1c(N2CCC3=C(C2)NNN3Cc2ccccc2C(F)(F)F)cn[nH]c1=O. The Morgan fingerprint density at radius 3 is 2.83 bits per heavy atom. The van der Waals surface area contributed by atoms with Crippen LogP contribution in [0.1, 0.15) is 23.1 Å². The fourth-order valence-electron chi connectivity index (χ4n) is 3.55. The maximum absolute atomic E-state index is 13.3. The second kappa shape index (κ2) is 7.14. The minimum Gasteiger partial charge on any atom is -0.363 e. The van der Waals surface area contributed by atoms with Crippen molar-refractivity contribution in [2.24, 2.45) is 0 Å². The zero-order valence-electron chi connectivity index (χ0n) is 15.0. The minimum absolute atomic E-state index is 0.0223. The molecule has 0 saturated carbocycles. The standard InChI is InChI=1S/C18H16F3N7O/c19-18(20,21)13-4-2-1-3-11(13)9-28-15-5-6-27(10-14(15)24-26-28)16-8-23-25-17(29)12(16)7-22/h1-4,8,24,26H,5-6,9-10H2,(H,25,29). The van der Waals surface area contributed by atoms with Crippen LogP contribution < -0.4 is 21.4 Å². The molecule has 0 radical (unpaired) electrons. The number of rotatable bonds is 3. The van der Waals surface area contributed by atoms with Crippen LogP contribution in [-0.4, -0.2) is 28.3 Å². The van der Waals surface area contributed by atoms with E-state index < -0.39 is 17.3 Å². The fourth-order valence-corrected chi connectivity index (χ4v) is 3.55. The van der Waals surface area contributed by atoms with Gasteiger partial charge < -0.3 is 10.3 Å². The maximum atomic E-state index is 13.3. The highest BCUT2D eigenvalue weighted by atomic mass is 19.4.